The molecule has 0 aliphatic heterocycles. The molecular formula is C21H29NO3S. The van der Waals surface area contributed by atoms with Crippen LogP contribution in [0.4, 0.5) is 5.00 Å². The van der Waals surface area contributed by atoms with E-state index >= 15 is 0 Å². The molecule has 4 nitrogen and oxygen atoms in total. The minimum absolute atomic E-state index is 0.113. The predicted molar refractivity (Wildman–Crippen MR) is 104 cm³/mol. The van der Waals surface area contributed by atoms with Crippen LogP contribution in [-0.4, -0.2) is 18.0 Å². The molecule has 0 unspecified atom stereocenters. The van der Waals surface area contributed by atoms with Gasteiger partial charge >= 0.3 is 5.97 Å². The van der Waals surface area contributed by atoms with Crippen molar-refractivity contribution in [2.24, 2.45) is 23.7 Å². The van der Waals surface area contributed by atoms with Gasteiger partial charge in [0.15, 0.2) is 0 Å². The zero-order valence-electron chi connectivity index (χ0n) is 16.0. The lowest BCUT2D eigenvalue weighted by Crippen LogP contribution is -2.27. The van der Waals surface area contributed by atoms with Gasteiger partial charge in [-0.15, -0.1) is 11.3 Å². The van der Waals surface area contributed by atoms with Crippen molar-refractivity contribution in [3.63, 3.8) is 0 Å². The van der Waals surface area contributed by atoms with Crippen LogP contribution in [0.1, 0.15) is 73.7 Å². The molecule has 4 rings (SSSR count). The van der Waals surface area contributed by atoms with E-state index in [0.717, 1.165) is 42.2 Å². The fourth-order valence-corrected chi connectivity index (χ4v) is 6.50. The summed E-state index contributed by atoms with van der Waals surface area (Å²) in [6.45, 7) is 5.99. The summed E-state index contributed by atoms with van der Waals surface area (Å²) in [6, 6.07) is 0. The average Bonchev–Trinajstić information content (AvgIpc) is 3.26. The summed E-state index contributed by atoms with van der Waals surface area (Å²) in [7, 11) is 0. The number of rotatable bonds is 4. The van der Waals surface area contributed by atoms with Gasteiger partial charge in [-0.05, 0) is 75.7 Å². The monoisotopic (exact) mass is 375 g/mol. The Balaban J connectivity index is 1.60. The van der Waals surface area contributed by atoms with Gasteiger partial charge in [-0.1, -0.05) is 13.3 Å². The molecule has 2 saturated carbocycles. The Kier molecular flexibility index (Phi) is 4.84. The molecule has 1 N–H and O–H groups in total. The van der Waals surface area contributed by atoms with Crippen molar-refractivity contribution in [3.05, 3.63) is 16.0 Å². The minimum atomic E-state index is -0.282. The third-order valence-corrected chi connectivity index (χ3v) is 7.54. The number of esters is 1. The molecule has 0 aromatic carbocycles. The third-order valence-electron chi connectivity index (χ3n) is 6.37. The molecule has 0 spiro atoms. The summed E-state index contributed by atoms with van der Waals surface area (Å²) in [6.07, 6.45) is 7.52. The molecule has 3 aliphatic carbocycles. The Morgan fingerprint density at radius 1 is 1.19 bits per heavy atom. The topological polar surface area (TPSA) is 55.4 Å². The zero-order chi connectivity index (χ0) is 18.4. The van der Waals surface area contributed by atoms with Gasteiger partial charge in [-0.2, -0.15) is 0 Å². The summed E-state index contributed by atoms with van der Waals surface area (Å²) >= 11 is 1.60. The van der Waals surface area contributed by atoms with E-state index in [1.165, 1.54) is 24.1 Å². The predicted octanol–water partition coefficient (Wildman–Crippen LogP) is 4.81. The van der Waals surface area contributed by atoms with Crippen LogP contribution in [0.15, 0.2) is 0 Å². The van der Waals surface area contributed by atoms with Crippen LogP contribution in [0.5, 0.6) is 0 Å². The van der Waals surface area contributed by atoms with Gasteiger partial charge in [0.1, 0.15) is 5.00 Å². The number of carbonyl (C=O) groups excluding carboxylic acids is 2. The van der Waals surface area contributed by atoms with Gasteiger partial charge in [0.2, 0.25) is 5.91 Å². The number of anilines is 1. The van der Waals surface area contributed by atoms with Crippen molar-refractivity contribution in [1.82, 2.24) is 0 Å². The van der Waals surface area contributed by atoms with Crippen LogP contribution in [0.3, 0.4) is 0 Å². The lowest BCUT2D eigenvalue weighted by molar-refractivity contribution is -0.121. The molecule has 4 atom stereocenters. The minimum Gasteiger partial charge on any atom is -0.459 e. The first-order valence-electron chi connectivity index (χ1n) is 10.1. The largest absolute Gasteiger partial charge is 0.459 e. The summed E-state index contributed by atoms with van der Waals surface area (Å²) < 4.78 is 5.50. The second-order valence-corrected chi connectivity index (χ2v) is 9.89. The van der Waals surface area contributed by atoms with E-state index in [0.29, 0.717) is 17.4 Å². The third kappa shape index (κ3) is 3.30. The Hall–Kier alpha value is -1.36. The lowest BCUT2D eigenvalue weighted by atomic mass is 9.87. The summed E-state index contributed by atoms with van der Waals surface area (Å²) in [4.78, 5) is 26.9. The summed E-state index contributed by atoms with van der Waals surface area (Å²) in [5.41, 5.74) is 1.74. The van der Waals surface area contributed by atoms with E-state index in [1.54, 1.807) is 11.3 Å². The summed E-state index contributed by atoms with van der Waals surface area (Å²) in [5, 5.41) is 3.87. The molecule has 2 bridgehead atoms. The molecule has 0 radical (unpaired) electrons. The normalized spacial score (nSPS) is 29.7. The number of hydrogen-bond donors (Lipinski definition) is 1. The van der Waals surface area contributed by atoms with Crippen LogP contribution >= 0.6 is 11.3 Å². The highest BCUT2D eigenvalue weighted by Crippen LogP contribution is 2.49. The van der Waals surface area contributed by atoms with Gasteiger partial charge in [0.05, 0.1) is 11.7 Å². The highest BCUT2D eigenvalue weighted by atomic mass is 32.1. The van der Waals surface area contributed by atoms with Crippen LogP contribution < -0.4 is 5.32 Å². The molecule has 3 aliphatic rings. The van der Waals surface area contributed by atoms with Crippen LogP contribution in [-0.2, 0) is 22.4 Å². The van der Waals surface area contributed by atoms with Crippen molar-refractivity contribution in [2.75, 3.05) is 5.32 Å². The average molecular weight is 376 g/mol. The fraction of sp³-hybridized carbons (Fsp3) is 0.714. The van der Waals surface area contributed by atoms with Crippen molar-refractivity contribution in [1.29, 1.82) is 0 Å². The van der Waals surface area contributed by atoms with E-state index in [1.807, 2.05) is 13.8 Å². The van der Waals surface area contributed by atoms with Gasteiger partial charge in [0, 0.05) is 10.8 Å². The summed E-state index contributed by atoms with van der Waals surface area (Å²) in [5.74, 6) is 1.86. The van der Waals surface area contributed by atoms with E-state index in [-0.39, 0.29) is 23.9 Å². The number of hydrogen-bond acceptors (Lipinski definition) is 4. The molecule has 0 saturated heterocycles. The molecule has 1 aromatic heterocycles. The Bertz CT molecular complexity index is 723. The van der Waals surface area contributed by atoms with Gasteiger partial charge in [-0.25, -0.2) is 4.79 Å². The van der Waals surface area contributed by atoms with Crippen LogP contribution in [0, 0.1) is 23.7 Å². The SMILES string of the molecule is CC(C)OC(=O)c1c(NC(=O)[C@H]2C[C@H]3CC[C@@H]2C3)sc2c1CC[C@H](C)C2. The Labute approximate surface area is 159 Å². The van der Waals surface area contributed by atoms with Gasteiger partial charge < -0.3 is 10.1 Å². The van der Waals surface area contributed by atoms with E-state index in [9.17, 15) is 9.59 Å². The first-order valence-corrected chi connectivity index (χ1v) is 10.9. The molecule has 2 fully saturated rings. The molecule has 26 heavy (non-hydrogen) atoms. The highest BCUT2D eigenvalue weighted by molar-refractivity contribution is 7.17. The quantitative estimate of drug-likeness (QED) is 0.768. The molecular weight excluding hydrogens is 346 g/mol. The maximum Gasteiger partial charge on any atom is 0.341 e. The zero-order valence-corrected chi connectivity index (χ0v) is 16.8. The number of fused-ring (bicyclic) bond motifs is 3. The smallest absolute Gasteiger partial charge is 0.341 e. The number of ether oxygens (including phenoxy) is 1. The Morgan fingerprint density at radius 2 is 2.00 bits per heavy atom. The molecule has 1 aromatic rings. The Morgan fingerprint density at radius 3 is 2.65 bits per heavy atom. The van der Waals surface area contributed by atoms with Crippen molar-refractivity contribution in [3.8, 4) is 0 Å². The first-order chi connectivity index (χ1) is 12.4. The molecule has 142 valence electrons. The second kappa shape index (κ2) is 6.99. The van der Waals surface area contributed by atoms with E-state index in [4.69, 9.17) is 4.74 Å². The number of thiophene rings is 1. The van der Waals surface area contributed by atoms with E-state index in [2.05, 4.69) is 12.2 Å². The van der Waals surface area contributed by atoms with E-state index < -0.39 is 0 Å². The van der Waals surface area contributed by atoms with Crippen LogP contribution in [0.25, 0.3) is 0 Å². The maximum absolute atomic E-state index is 12.9. The number of carbonyl (C=O) groups is 2. The van der Waals surface area contributed by atoms with Crippen molar-refractivity contribution >= 4 is 28.2 Å². The number of nitrogens with one attached hydrogen (secondary N) is 1. The molecule has 1 heterocycles. The second-order valence-electron chi connectivity index (χ2n) is 8.78. The highest BCUT2D eigenvalue weighted by Gasteiger charge is 2.43. The van der Waals surface area contributed by atoms with Crippen molar-refractivity contribution in [2.45, 2.75) is 71.8 Å². The number of amides is 1. The first kappa shape index (κ1) is 18.0. The molecule has 1 amide bonds. The van der Waals surface area contributed by atoms with Crippen molar-refractivity contribution < 1.29 is 14.3 Å². The maximum atomic E-state index is 12.9. The van der Waals surface area contributed by atoms with Gasteiger partial charge in [-0.3, -0.25) is 4.79 Å². The fourth-order valence-electron chi connectivity index (χ4n) is 5.10. The molecule has 5 heteroatoms. The lowest BCUT2D eigenvalue weighted by Gasteiger charge is -2.21. The standard InChI is InChI=1S/C21H29NO3S/c1-11(2)25-21(24)18-15-7-4-12(3)8-17(15)26-20(18)22-19(23)16-10-13-5-6-14(16)9-13/h11-14,16H,4-10H2,1-3H3,(H,22,23)/t12-,13-,14+,16-/m0/s1. The van der Waals surface area contributed by atoms with Crippen LogP contribution in [0.2, 0.25) is 0 Å². The van der Waals surface area contributed by atoms with Gasteiger partial charge in [0.25, 0.3) is 0 Å².